The minimum absolute atomic E-state index is 0.386. The van der Waals surface area contributed by atoms with E-state index in [1.807, 2.05) is 25.2 Å². The van der Waals surface area contributed by atoms with Crippen LogP contribution in [0.1, 0.15) is 5.69 Å². The number of hydrogen-bond donors (Lipinski definition) is 1. The van der Waals surface area contributed by atoms with Gasteiger partial charge in [-0.15, -0.1) is 0 Å². The lowest BCUT2D eigenvalue weighted by atomic mass is 10.1. The van der Waals surface area contributed by atoms with Crippen molar-refractivity contribution in [1.82, 2.24) is 19.7 Å². The van der Waals surface area contributed by atoms with Gasteiger partial charge in [-0.2, -0.15) is 10.4 Å². The number of imidazole rings is 1. The van der Waals surface area contributed by atoms with E-state index in [0.29, 0.717) is 10.2 Å². The van der Waals surface area contributed by atoms with Crippen molar-refractivity contribution in [3.05, 3.63) is 34.7 Å². The number of nitriles is 1. The molecule has 2 aromatic heterocycles. The molecule has 0 saturated heterocycles. The Morgan fingerprint density at radius 2 is 2.28 bits per heavy atom. The number of nitrogens with one attached hydrogen (secondary N) is 1. The first-order valence-electron chi connectivity index (χ1n) is 5.27. The molecule has 0 atom stereocenters. The van der Waals surface area contributed by atoms with Gasteiger partial charge < -0.3 is 4.98 Å². The fourth-order valence-electron chi connectivity index (χ4n) is 1.97. The van der Waals surface area contributed by atoms with Crippen molar-refractivity contribution >= 4 is 27.0 Å². The van der Waals surface area contributed by atoms with Gasteiger partial charge >= 0.3 is 0 Å². The second-order valence-corrected chi connectivity index (χ2v) is 4.67. The zero-order valence-corrected chi connectivity index (χ0v) is 11.1. The van der Waals surface area contributed by atoms with Crippen molar-refractivity contribution in [2.24, 2.45) is 7.05 Å². The Hall–Kier alpha value is -2.13. The van der Waals surface area contributed by atoms with Crippen molar-refractivity contribution in [1.29, 1.82) is 5.26 Å². The Morgan fingerprint density at radius 3 is 3.00 bits per heavy atom. The number of aryl methyl sites for hydroxylation is 1. The minimum Gasteiger partial charge on any atom is -0.345 e. The first-order chi connectivity index (χ1) is 8.70. The molecular formula is C12H8BrN5. The largest absolute Gasteiger partial charge is 0.345 e. The first kappa shape index (κ1) is 11.0. The molecule has 0 fully saturated rings. The van der Waals surface area contributed by atoms with E-state index in [1.165, 1.54) is 0 Å². The zero-order chi connectivity index (χ0) is 12.7. The van der Waals surface area contributed by atoms with Crippen LogP contribution in [0.3, 0.4) is 0 Å². The highest BCUT2D eigenvalue weighted by Crippen LogP contribution is 2.31. The van der Waals surface area contributed by atoms with E-state index in [4.69, 9.17) is 5.26 Å². The molecule has 0 amide bonds. The monoisotopic (exact) mass is 301 g/mol. The van der Waals surface area contributed by atoms with Crippen molar-refractivity contribution in [2.45, 2.75) is 0 Å². The van der Waals surface area contributed by atoms with Gasteiger partial charge in [-0.3, -0.25) is 4.68 Å². The SMILES string of the molecule is Cn1nc(C#N)c(Br)c1-c1ccc2nc[nH]c2c1. The fourth-order valence-corrected chi connectivity index (χ4v) is 2.62. The van der Waals surface area contributed by atoms with Gasteiger partial charge in [-0.25, -0.2) is 4.98 Å². The highest BCUT2D eigenvalue weighted by Gasteiger charge is 2.15. The minimum atomic E-state index is 0.386. The summed E-state index contributed by atoms with van der Waals surface area (Å²) in [6.45, 7) is 0. The predicted molar refractivity (Wildman–Crippen MR) is 70.7 cm³/mol. The summed E-state index contributed by atoms with van der Waals surface area (Å²) in [7, 11) is 1.82. The highest BCUT2D eigenvalue weighted by molar-refractivity contribution is 9.10. The van der Waals surface area contributed by atoms with Crippen molar-refractivity contribution in [3.8, 4) is 17.3 Å². The van der Waals surface area contributed by atoms with Gasteiger partial charge in [0, 0.05) is 12.6 Å². The second kappa shape index (κ2) is 3.96. The normalized spacial score (nSPS) is 10.7. The molecular weight excluding hydrogens is 294 g/mol. The average Bonchev–Trinajstić information content (AvgIpc) is 2.93. The predicted octanol–water partition coefficient (Wildman–Crippen LogP) is 2.60. The topological polar surface area (TPSA) is 70.3 Å². The quantitative estimate of drug-likeness (QED) is 0.751. The van der Waals surface area contributed by atoms with E-state index in [9.17, 15) is 0 Å². The van der Waals surface area contributed by atoms with Gasteiger partial charge in [-0.1, -0.05) is 6.07 Å². The van der Waals surface area contributed by atoms with Gasteiger partial charge in [0.25, 0.3) is 0 Å². The van der Waals surface area contributed by atoms with Gasteiger partial charge in [0.1, 0.15) is 6.07 Å². The average molecular weight is 302 g/mol. The molecule has 0 aliphatic carbocycles. The van der Waals surface area contributed by atoms with Crippen LogP contribution < -0.4 is 0 Å². The van der Waals surface area contributed by atoms with Gasteiger partial charge in [0.2, 0.25) is 0 Å². The number of rotatable bonds is 1. The van der Waals surface area contributed by atoms with Gasteiger partial charge in [0.05, 0.1) is 27.5 Å². The van der Waals surface area contributed by atoms with Crippen LogP contribution in [0.5, 0.6) is 0 Å². The standard InChI is InChI=1S/C12H8BrN5/c1-18-12(11(13)10(5-14)17-18)7-2-3-8-9(4-7)16-6-15-8/h2-4,6H,1H3,(H,15,16). The summed E-state index contributed by atoms with van der Waals surface area (Å²) in [5.74, 6) is 0. The second-order valence-electron chi connectivity index (χ2n) is 3.88. The summed E-state index contributed by atoms with van der Waals surface area (Å²) in [6.07, 6.45) is 1.66. The number of fused-ring (bicyclic) bond motifs is 1. The summed E-state index contributed by atoms with van der Waals surface area (Å²) in [5, 5.41) is 13.1. The van der Waals surface area contributed by atoms with Crippen molar-refractivity contribution in [3.63, 3.8) is 0 Å². The third-order valence-electron chi connectivity index (χ3n) is 2.79. The van der Waals surface area contributed by atoms with E-state index in [-0.39, 0.29) is 0 Å². The summed E-state index contributed by atoms with van der Waals surface area (Å²) >= 11 is 3.42. The summed E-state index contributed by atoms with van der Waals surface area (Å²) < 4.78 is 2.41. The number of hydrogen-bond acceptors (Lipinski definition) is 3. The summed E-state index contributed by atoms with van der Waals surface area (Å²) in [5.41, 5.74) is 4.12. The van der Waals surface area contributed by atoms with Crippen LogP contribution in [-0.4, -0.2) is 19.7 Å². The molecule has 1 aromatic carbocycles. The first-order valence-corrected chi connectivity index (χ1v) is 6.06. The van der Waals surface area contributed by atoms with E-state index in [1.54, 1.807) is 11.0 Å². The van der Waals surface area contributed by atoms with Crippen molar-refractivity contribution < 1.29 is 0 Å². The lowest BCUT2D eigenvalue weighted by Gasteiger charge is -2.02. The molecule has 0 aliphatic rings. The molecule has 0 radical (unpaired) electrons. The van der Waals surface area contributed by atoms with Crippen LogP contribution >= 0.6 is 15.9 Å². The van der Waals surface area contributed by atoms with E-state index in [0.717, 1.165) is 22.3 Å². The fraction of sp³-hybridized carbons (Fsp3) is 0.0833. The lowest BCUT2D eigenvalue weighted by Crippen LogP contribution is -1.94. The molecule has 5 nitrogen and oxygen atoms in total. The van der Waals surface area contributed by atoms with Crippen LogP contribution in [0.25, 0.3) is 22.3 Å². The van der Waals surface area contributed by atoms with Crippen LogP contribution in [0, 0.1) is 11.3 Å². The molecule has 0 aliphatic heterocycles. The van der Waals surface area contributed by atoms with E-state index >= 15 is 0 Å². The van der Waals surface area contributed by atoms with Crippen molar-refractivity contribution in [2.75, 3.05) is 0 Å². The maximum atomic E-state index is 8.97. The molecule has 3 rings (SSSR count). The summed E-state index contributed by atoms with van der Waals surface area (Å²) in [6, 6.07) is 7.95. The highest BCUT2D eigenvalue weighted by atomic mass is 79.9. The Morgan fingerprint density at radius 1 is 1.44 bits per heavy atom. The number of benzene rings is 1. The number of nitrogens with zero attached hydrogens (tertiary/aromatic N) is 4. The molecule has 2 heterocycles. The van der Waals surface area contributed by atoms with Crippen LogP contribution in [0.15, 0.2) is 29.0 Å². The molecule has 18 heavy (non-hydrogen) atoms. The maximum absolute atomic E-state index is 8.97. The third kappa shape index (κ3) is 1.52. The Kier molecular flexibility index (Phi) is 2.42. The summed E-state index contributed by atoms with van der Waals surface area (Å²) in [4.78, 5) is 7.25. The third-order valence-corrected chi connectivity index (χ3v) is 3.54. The van der Waals surface area contributed by atoms with E-state index < -0.39 is 0 Å². The molecule has 0 unspecified atom stereocenters. The van der Waals surface area contributed by atoms with Crippen LogP contribution in [0.2, 0.25) is 0 Å². The van der Waals surface area contributed by atoms with Crippen LogP contribution in [0.4, 0.5) is 0 Å². The number of halogens is 1. The molecule has 0 spiro atoms. The smallest absolute Gasteiger partial charge is 0.177 e. The number of aromatic amines is 1. The van der Waals surface area contributed by atoms with E-state index in [2.05, 4.69) is 37.1 Å². The molecule has 0 saturated carbocycles. The maximum Gasteiger partial charge on any atom is 0.177 e. The molecule has 88 valence electrons. The Labute approximate surface area is 111 Å². The molecule has 6 heteroatoms. The number of H-pyrrole nitrogens is 1. The molecule has 3 aromatic rings. The van der Waals surface area contributed by atoms with Crippen LogP contribution in [-0.2, 0) is 7.05 Å². The van der Waals surface area contributed by atoms with Gasteiger partial charge in [-0.05, 0) is 28.1 Å². The molecule has 1 N–H and O–H groups in total. The zero-order valence-electron chi connectivity index (χ0n) is 9.48. The number of aromatic nitrogens is 4. The Bertz CT molecular complexity index is 777. The van der Waals surface area contributed by atoms with Gasteiger partial charge in [0.15, 0.2) is 5.69 Å². The molecule has 0 bridgehead atoms. The Balaban J connectivity index is 2.25. The lowest BCUT2D eigenvalue weighted by molar-refractivity contribution is 0.771.